The minimum absolute atomic E-state index is 0.404. The van der Waals surface area contributed by atoms with Crippen molar-refractivity contribution in [3.63, 3.8) is 0 Å². The summed E-state index contributed by atoms with van der Waals surface area (Å²) in [5, 5.41) is -3.61. The summed E-state index contributed by atoms with van der Waals surface area (Å²) >= 11 is 39.4. The first-order chi connectivity index (χ1) is 9.58. The molecule has 0 amide bonds. The summed E-state index contributed by atoms with van der Waals surface area (Å²) in [7, 11) is 0. The summed E-state index contributed by atoms with van der Waals surface area (Å²) in [5.74, 6) is -2.02. The Hall–Kier alpha value is 2.80. The molecule has 0 rings (SSSR count). The van der Waals surface area contributed by atoms with Crippen molar-refractivity contribution in [2.75, 3.05) is 17.3 Å². The van der Waals surface area contributed by atoms with Crippen LogP contribution in [0.25, 0.3) is 0 Å². The molecule has 0 nitrogen and oxygen atoms in total. The van der Waals surface area contributed by atoms with E-state index in [0.29, 0.717) is 35.3 Å². The molecule has 0 aliphatic rings. The van der Waals surface area contributed by atoms with Crippen LogP contribution in [-0.2, 0) is 0 Å². The predicted octanol–water partition coefficient (Wildman–Crippen LogP) is 7.68. The topological polar surface area (TPSA) is 0 Å². The van der Waals surface area contributed by atoms with Gasteiger partial charge in [-0.3, -0.25) is 0 Å². The lowest BCUT2D eigenvalue weighted by atomic mass is 10.8. The molecule has 22 heavy (non-hydrogen) atoms. The Balaban J connectivity index is 5.32. The third kappa shape index (κ3) is 10.7. The molecule has 0 radical (unpaired) electrons. The summed E-state index contributed by atoms with van der Waals surface area (Å²) in [4.78, 5) is 0. The second kappa shape index (κ2) is 9.65. The molecule has 0 spiro atoms. The number of alkyl halides is 11. The van der Waals surface area contributed by atoms with Gasteiger partial charge in [0, 0.05) is 5.75 Å². The average molecular weight is 524 g/mol. The first kappa shape index (κ1) is 24.8. The molecule has 0 heterocycles. The maximum Gasteiger partial charge on any atom is 0.330 e. The van der Waals surface area contributed by atoms with E-state index in [0.717, 1.165) is 0 Å². The Morgan fingerprint density at radius 3 is 1.59 bits per heavy atom. The molecule has 0 N–H and O–H groups in total. The van der Waals surface area contributed by atoms with Crippen LogP contribution >= 0.6 is 116 Å². The first-order valence-electron chi connectivity index (χ1n) is 4.98. The van der Waals surface area contributed by atoms with Crippen LogP contribution in [0, 0.1) is 0 Å². The SMILES string of the molecule is FC(Cl)CSC(SCC(F)(F)Cl)(SCC(F)(Cl)Cl)C(Cl)(Cl)Cl. The van der Waals surface area contributed by atoms with E-state index in [1.807, 2.05) is 0 Å². The standard InChI is InChI=1S/C8H7Cl7F4S3/c9-4(16)1-20-8(7(13,14)15,21-2-5(10,11)17)22-3-6(12,18)19/h4H,1-3H2. The lowest BCUT2D eigenvalue weighted by Crippen LogP contribution is -2.37. The van der Waals surface area contributed by atoms with Gasteiger partial charge in [-0.15, -0.1) is 35.3 Å². The van der Waals surface area contributed by atoms with Crippen LogP contribution in [0.2, 0.25) is 0 Å². The fourth-order valence-corrected chi connectivity index (χ4v) is 6.71. The summed E-state index contributed by atoms with van der Waals surface area (Å²) in [6, 6.07) is 0. The van der Waals surface area contributed by atoms with Gasteiger partial charge in [0.2, 0.25) is 3.79 Å². The zero-order chi connectivity index (χ0) is 17.8. The molecule has 0 saturated carbocycles. The van der Waals surface area contributed by atoms with Gasteiger partial charge in [0.1, 0.15) is 0 Å². The zero-order valence-corrected chi connectivity index (χ0v) is 17.8. The molecule has 0 aromatic carbocycles. The van der Waals surface area contributed by atoms with Crippen LogP contribution in [0.1, 0.15) is 0 Å². The summed E-state index contributed by atoms with van der Waals surface area (Å²) < 4.78 is 45.2. The Morgan fingerprint density at radius 2 is 1.27 bits per heavy atom. The Morgan fingerprint density at radius 1 is 0.818 bits per heavy atom. The van der Waals surface area contributed by atoms with Crippen LogP contribution in [0.4, 0.5) is 17.6 Å². The monoisotopic (exact) mass is 520 g/mol. The molecule has 0 aliphatic heterocycles. The third-order valence-electron chi connectivity index (χ3n) is 1.60. The van der Waals surface area contributed by atoms with E-state index >= 15 is 0 Å². The average Bonchev–Trinajstić information content (AvgIpc) is 2.23. The van der Waals surface area contributed by atoms with E-state index in [9.17, 15) is 17.6 Å². The van der Waals surface area contributed by atoms with Gasteiger partial charge in [-0.1, -0.05) is 69.6 Å². The van der Waals surface area contributed by atoms with Gasteiger partial charge >= 0.3 is 5.38 Å². The zero-order valence-electron chi connectivity index (χ0n) is 10.1. The fourth-order valence-electron chi connectivity index (χ4n) is 0.897. The Bertz CT molecular complexity index is 324. The number of hydrogen-bond acceptors (Lipinski definition) is 3. The third-order valence-corrected chi connectivity index (χ3v) is 10.4. The molecule has 2 unspecified atom stereocenters. The minimum Gasteiger partial charge on any atom is -0.229 e. The highest BCUT2D eigenvalue weighted by Gasteiger charge is 2.53. The van der Waals surface area contributed by atoms with E-state index in [-0.39, 0.29) is 0 Å². The maximum absolute atomic E-state index is 13.3. The lowest BCUT2D eigenvalue weighted by Gasteiger charge is -2.38. The van der Waals surface area contributed by atoms with Crippen LogP contribution in [-0.4, -0.2) is 40.1 Å². The second-order valence-corrected chi connectivity index (χ2v) is 12.7. The molecule has 0 fully saturated rings. The van der Waals surface area contributed by atoms with Crippen LogP contribution in [0.5, 0.6) is 0 Å². The van der Waals surface area contributed by atoms with Gasteiger partial charge in [-0.25, -0.2) is 8.78 Å². The highest BCUT2D eigenvalue weighted by molar-refractivity contribution is 8.34. The molecular formula is C8H7Cl7F4S3. The fraction of sp³-hybridized carbons (Fsp3) is 1.00. The van der Waals surface area contributed by atoms with Gasteiger partial charge in [0.25, 0.3) is 4.59 Å². The summed E-state index contributed by atoms with van der Waals surface area (Å²) in [5.41, 5.74) is -1.84. The molecule has 0 aromatic rings. The summed E-state index contributed by atoms with van der Waals surface area (Å²) in [6.07, 6.45) is 0. The van der Waals surface area contributed by atoms with Crippen LogP contribution < -0.4 is 0 Å². The van der Waals surface area contributed by atoms with Crippen LogP contribution in [0.15, 0.2) is 0 Å². The quantitative estimate of drug-likeness (QED) is 0.173. The number of thioether (sulfide) groups is 3. The molecule has 0 aromatic heterocycles. The van der Waals surface area contributed by atoms with Gasteiger partial charge in [-0.2, -0.15) is 8.78 Å². The minimum atomic E-state index is -3.61. The molecule has 2 atom stereocenters. The van der Waals surface area contributed by atoms with E-state index in [1.165, 1.54) is 0 Å². The highest BCUT2D eigenvalue weighted by atomic mass is 35.6. The van der Waals surface area contributed by atoms with Gasteiger partial charge in [0.15, 0.2) is 9.04 Å². The summed E-state index contributed by atoms with van der Waals surface area (Å²) in [6.45, 7) is 0. The molecule has 0 bridgehead atoms. The Labute approximate surface area is 172 Å². The number of rotatable bonds is 9. The van der Waals surface area contributed by atoms with E-state index < -0.39 is 40.1 Å². The van der Waals surface area contributed by atoms with Crippen molar-refractivity contribution >= 4 is 116 Å². The molecule has 0 aliphatic carbocycles. The van der Waals surface area contributed by atoms with Crippen molar-refractivity contribution in [2.24, 2.45) is 0 Å². The Kier molecular flexibility index (Phi) is 10.9. The number of halogens is 11. The van der Waals surface area contributed by atoms with Crippen molar-refractivity contribution in [1.82, 2.24) is 0 Å². The van der Waals surface area contributed by atoms with Crippen molar-refractivity contribution < 1.29 is 17.6 Å². The molecule has 14 heteroatoms. The van der Waals surface area contributed by atoms with Crippen molar-refractivity contribution in [3.05, 3.63) is 0 Å². The largest absolute Gasteiger partial charge is 0.330 e. The normalized spacial score (nSPS) is 18.1. The highest BCUT2D eigenvalue weighted by Crippen LogP contribution is 2.62. The first-order valence-corrected chi connectivity index (χ1v) is 10.6. The number of hydrogen-bond donors (Lipinski definition) is 0. The van der Waals surface area contributed by atoms with E-state index in [1.54, 1.807) is 0 Å². The second-order valence-electron chi connectivity index (χ2n) is 3.56. The van der Waals surface area contributed by atoms with Gasteiger partial charge in [0.05, 0.1) is 11.5 Å². The molecular weight excluding hydrogens is 516 g/mol. The van der Waals surface area contributed by atoms with Gasteiger partial charge < -0.3 is 0 Å². The van der Waals surface area contributed by atoms with E-state index in [4.69, 9.17) is 81.2 Å². The van der Waals surface area contributed by atoms with Gasteiger partial charge in [-0.05, 0) is 11.6 Å². The van der Waals surface area contributed by atoms with Crippen molar-refractivity contribution in [3.8, 4) is 0 Å². The van der Waals surface area contributed by atoms with Crippen molar-refractivity contribution in [2.45, 2.75) is 22.8 Å². The molecule has 0 saturated heterocycles. The molecule has 134 valence electrons. The lowest BCUT2D eigenvalue weighted by molar-refractivity contribution is 0.125. The van der Waals surface area contributed by atoms with Crippen LogP contribution in [0.3, 0.4) is 0 Å². The maximum atomic E-state index is 13.3. The van der Waals surface area contributed by atoms with E-state index in [2.05, 4.69) is 0 Å². The smallest absolute Gasteiger partial charge is 0.229 e. The predicted molar refractivity (Wildman–Crippen MR) is 97.5 cm³/mol. The van der Waals surface area contributed by atoms with Crippen molar-refractivity contribution in [1.29, 1.82) is 0 Å².